The molecule has 7 rings (SSSR count). The molecular formula is C35H23N. The minimum absolute atomic E-state index is 0.972. The molecule has 1 nitrogen and oxygen atoms in total. The fourth-order valence-corrected chi connectivity index (χ4v) is 5.23. The molecule has 0 atom stereocenters. The maximum atomic E-state index is 5.39. The van der Waals surface area contributed by atoms with Crippen molar-refractivity contribution in [2.45, 2.75) is 0 Å². The average molecular weight is 458 g/mol. The molecule has 1 aliphatic rings. The molecule has 6 aromatic rings. The second kappa shape index (κ2) is 8.48. The summed E-state index contributed by atoms with van der Waals surface area (Å²) in [5.41, 5.74) is 8.96. The van der Waals surface area contributed by atoms with E-state index in [9.17, 15) is 0 Å². The Morgan fingerprint density at radius 1 is 0.417 bits per heavy atom. The first-order chi connectivity index (χ1) is 17.8. The predicted octanol–water partition coefficient (Wildman–Crippen LogP) is 9.01. The minimum Gasteiger partial charge on any atom is -0.247 e. The smallest absolute Gasteiger partial charge is 0.0788 e. The molecule has 168 valence electrons. The molecule has 0 unspecified atom stereocenters. The van der Waals surface area contributed by atoms with E-state index < -0.39 is 0 Å². The lowest BCUT2D eigenvalue weighted by molar-refractivity contribution is 1.52. The van der Waals surface area contributed by atoms with Gasteiger partial charge >= 0.3 is 0 Å². The van der Waals surface area contributed by atoms with Crippen LogP contribution in [0.1, 0.15) is 22.3 Å². The third-order valence-electron chi connectivity index (χ3n) is 7.01. The predicted molar refractivity (Wildman–Crippen MR) is 153 cm³/mol. The van der Waals surface area contributed by atoms with Gasteiger partial charge in [0.25, 0.3) is 0 Å². The van der Waals surface area contributed by atoms with Crippen molar-refractivity contribution in [3.63, 3.8) is 0 Å². The van der Waals surface area contributed by atoms with Gasteiger partial charge in [-0.3, -0.25) is 0 Å². The number of hydrogen-bond acceptors (Lipinski definition) is 1. The number of hydrogen-bond donors (Lipinski definition) is 0. The van der Waals surface area contributed by atoms with Crippen LogP contribution in [-0.2, 0) is 0 Å². The van der Waals surface area contributed by atoms with Crippen molar-refractivity contribution in [1.82, 2.24) is 0 Å². The molecule has 0 fully saturated rings. The molecule has 6 aromatic carbocycles. The largest absolute Gasteiger partial charge is 0.247 e. The van der Waals surface area contributed by atoms with Crippen LogP contribution in [0.3, 0.4) is 0 Å². The first-order valence-electron chi connectivity index (χ1n) is 12.3. The van der Waals surface area contributed by atoms with Crippen LogP contribution in [-0.4, -0.2) is 5.71 Å². The highest BCUT2D eigenvalue weighted by molar-refractivity contribution is 6.21. The molecule has 0 radical (unpaired) electrons. The van der Waals surface area contributed by atoms with Gasteiger partial charge in [-0.2, -0.15) is 0 Å². The fraction of sp³-hybridized carbons (Fsp3) is 0. The van der Waals surface area contributed by atoms with E-state index in [0.717, 1.165) is 33.7 Å². The van der Waals surface area contributed by atoms with Crippen LogP contribution in [0.2, 0.25) is 0 Å². The molecule has 1 heterocycles. The summed E-state index contributed by atoms with van der Waals surface area (Å²) in [6.07, 6.45) is 2.22. The standard InChI is InChI=1S/C35H23N/c1-3-11-27-21-24(17-18-25(27)9-1)22-34-32-15-7-5-13-30(32)31-14-6-8-16-33(31)35(36-34)29-20-19-26-10-2-4-12-28(26)23-29/h1-23H/b34-22-. The minimum atomic E-state index is 0.972. The van der Waals surface area contributed by atoms with Crippen LogP contribution in [0.25, 0.3) is 44.4 Å². The van der Waals surface area contributed by atoms with Gasteiger partial charge < -0.3 is 0 Å². The summed E-state index contributed by atoms with van der Waals surface area (Å²) in [4.78, 5) is 5.39. The number of nitrogens with zero attached hydrogens (tertiary/aromatic N) is 1. The van der Waals surface area contributed by atoms with Crippen molar-refractivity contribution in [3.05, 3.63) is 156 Å². The Kier molecular flexibility index (Phi) is 4.85. The number of rotatable bonds is 2. The van der Waals surface area contributed by atoms with Gasteiger partial charge in [0, 0.05) is 16.7 Å². The van der Waals surface area contributed by atoms with Crippen molar-refractivity contribution in [3.8, 4) is 11.1 Å². The van der Waals surface area contributed by atoms with Gasteiger partial charge in [-0.1, -0.05) is 121 Å². The highest BCUT2D eigenvalue weighted by atomic mass is 14.8. The van der Waals surface area contributed by atoms with Gasteiger partial charge in [0.1, 0.15) is 0 Å². The summed E-state index contributed by atoms with van der Waals surface area (Å²) in [6, 6.07) is 47.5. The Labute approximate surface area is 210 Å². The Bertz CT molecular complexity index is 1840. The molecule has 1 heteroatoms. The zero-order valence-corrected chi connectivity index (χ0v) is 19.7. The average Bonchev–Trinajstić information content (AvgIpc) is 3.08. The van der Waals surface area contributed by atoms with E-state index in [1.165, 1.54) is 32.7 Å². The zero-order chi connectivity index (χ0) is 23.9. The summed E-state index contributed by atoms with van der Waals surface area (Å²) in [5, 5.41) is 4.93. The lowest BCUT2D eigenvalue weighted by atomic mass is 9.91. The third kappa shape index (κ3) is 3.54. The normalized spacial score (nSPS) is 13.8. The molecule has 0 saturated heterocycles. The molecule has 0 aromatic heterocycles. The third-order valence-corrected chi connectivity index (χ3v) is 7.01. The maximum Gasteiger partial charge on any atom is 0.0788 e. The number of aliphatic imine (C=N–C) groups is 1. The molecule has 0 spiro atoms. The van der Waals surface area contributed by atoms with E-state index in [2.05, 4.69) is 140 Å². The molecule has 0 aliphatic carbocycles. The Morgan fingerprint density at radius 2 is 0.944 bits per heavy atom. The topological polar surface area (TPSA) is 12.4 Å². The number of benzene rings is 6. The molecule has 0 bridgehead atoms. The van der Waals surface area contributed by atoms with Crippen molar-refractivity contribution in [1.29, 1.82) is 0 Å². The molecular weight excluding hydrogens is 434 g/mol. The van der Waals surface area contributed by atoms with Crippen LogP contribution in [0.15, 0.2) is 138 Å². The fourth-order valence-electron chi connectivity index (χ4n) is 5.23. The van der Waals surface area contributed by atoms with E-state index >= 15 is 0 Å². The van der Waals surface area contributed by atoms with Crippen molar-refractivity contribution in [2.75, 3.05) is 0 Å². The summed E-state index contributed by atoms with van der Waals surface area (Å²) in [5.74, 6) is 0. The van der Waals surface area contributed by atoms with Gasteiger partial charge in [0.05, 0.1) is 11.4 Å². The van der Waals surface area contributed by atoms with E-state index in [-0.39, 0.29) is 0 Å². The van der Waals surface area contributed by atoms with Gasteiger partial charge in [0.15, 0.2) is 0 Å². The van der Waals surface area contributed by atoms with E-state index in [1.807, 2.05) is 0 Å². The molecule has 0 saturated carbocycles. The van der Waals surface area contributed by atoms with Gasteiger partial charge in [-0.25, -0.2) is 4.99 Å². The van der Waals surface area contributed by atoms with Crippen LogP contribution in [0, 0.1) is 0 Å². The van der Waals surface area contributed by atoms with Gasteiger partial charge in [-0.05, 0) is 56.4 Å². The van der Waals surface area contributed by atoms with Crippen LogP contribution >= 0.6 is 0 Å². The second-order valence-electron chi connectivity index (χ2n) is 9.25. The van der Waals surface area contributed by atoms with Crippen LogP contribution in [0.4, 0.5) is 0 Å². The van der Waals surface area contributed by atoms with E-state index in [1.54, 1.807) is 0 Å². The second-order valence-corrected chi connectivity index (χ2v) is 9.25. The van der Waals surface area contributed by atoms with Gasteiger partial charge in [-0.15, -0.1) is 0 Å². The Hall–Kier alpha value is -4.75. The summed E-state index contributed by atoms with van der Waals surface area (Å²) < 4.78 is 0. The quantitative estimate of drug-likeness (QED) is 0.246. The first-order valence-corrected chi connectivity index (χ1v) is 12.3. The first kappa shape index (κ1) is 20.6. The lowest BCUT2D eigenvalue weighted by Crippen LogP contribution is -2.04. The molecule has 0 amide bonds. The van der Waals surface area contributed by atoms with E-state index in [0.29, 0.717) is 0 Å². The Balaban J connectivity index is 1.50. The SMILES string of the molecule is C(=C1/N=C(c2ccc3ccccc3c2)c2ccccc2-c2ccccc21)/c1ccc2ccccc2c1. The summed E-state index contributed by atoms with van der Waals surface area (Å²) in [6.45, 7) is 0. The number of fused-ring (bicyclic) bond motifs is 5. The van der Waals surface area contributed by atoms with Crippen LogP contribution < -0.4 is 0 Å². The molecule has 1 aliphatic heterocycles. The highest BCUT2D eigenvalue weighted by Crippen LogP contribution is 2.38. The Morgan fingerprint density at radius 3 is 1.67 bits per heavy atom. The summed E-state index contributed by atoms with van der Waals surface area (Å²) in [7, 11) is 0. The van der Waals surface area contributed by atoms with Crippen molar-refractivity contribution in [2.24, 2.45) is 4.99 Å². The lowest BCUT2D eigenvalue weighted by Gasteiger charge is -2.11. The molecule has 0 N–H and O–H groups in total. The highest BCUT2D eigenvalue weighted by Gasteiger charge is 2.21. The van der Waals surface area contributed by atoms with Crippen LogP contribution in [0.5, 0.6) is 0 Å². The zero-order valence-electron chi connectivity index (χ0n) is 19.7. The maximum absolute atomic E-state index is 5.39. The summed E-state index contributed by atoms with van der Waals surface area (Å²) >= 11 is 0. The monoisotopic (exact) mass is 457 g/mol. The molecule has 36 heavy (non-hydrogen) atoms. The van der Waals surface area contributed by atoms with Crippen molar-refractivity contribution < 1.29 is 0 Å². The van der Waals surface area contributed by atoms with Crippen molar-refractivity contribution >= 4 is 39.0 Å². The van der Waals surface area contributed by atoms with Gasteiger partial charge in [0.2, 0.25) is 0 Å². The van der Waals surface area contributed by atoms with E-state index in [4.69, 9.17) is 4.99 Å².